The maximum absolute atomic E-state index is 12.0. The molecule has 1 aromatic heterocycles. The summed E-state index contributed by atoms with van der Waals surface area (Å²) in [5.74, 6) is 2.32. The van der Waals surface area contributed by atoms with Gasteiger partial charge in [0.25, 0.3) is 0 Å². The highest BCUT2D eigenvalue weighted by Gasteiger charge is 2.32. The van der Waals surface area contributed by atoms with Gasteiger partial charge in [0.15, 0.2) is 9.84 Å². The zero-order valence-electron chi connectivity index (χ0n) is 12.8. The number of anilines is 1. The molecule has 0 saturated carbocycles. The van der Waals surface area contributed by atoms with Crippen molar-refractivity contribution in [2.24, 2.45) is 0 Å². The van der Waals surface area contributed by atoms with E-state index in [-0.39, 0.29) is 0 Å². The Morgan fingerprint density at radius 3 is 2.90 bits per heavy atom. The molecule has 5 nitrogen and oxygen atoms in total. The molecule has 1 atom stereocenters. The van der Waals surface area contributed by atoms with Crippen LogP contribution in [0.5, 0.6) is 0 Å². The van der Waals surface area contributed by atoms with Gasteiger partial charge >= 0.3 is 0 Å². The first-order valence-electron chi connectivity index (χ1n) is 7.13. The third kappa shape index (κ3) is 4.34. The first kappa shape index (κ1) is 16.6. The van der Waals surface area contributed by atoms with Gasteiger partial charge in [0.05, 0.1) is 0 Å². The Hall–Kier alpha value is -0.790. The largest absolute Gasteiger partial charge is 0.338 e. The number of thioether (sulfide) groups is 1. The molecule has 1 aromatic rings. The summed E-state index contributed by atoms with van der Waals surface area (Å²) in [4.78, 5) is 6.49. The molecule has 1 unspecified atom stereocenters. The Morgan fingerprint density at radius 2 is 2.24 bits per heavy atom. The van der Waals surface area contributed by atoms with Gasteiger partial charge in [-0.2, -0.15) is 11.8 Å². The van der Waals surface area contributed by atoms with Crippen molar-refractivity contribution >= 4 is 27.4 Å². The van der Waals surface area contributed by atoms with E-state index in [0.29, 0.717) is 5.75 Å². The minimum atomic E-state index is -3.12. The molecule has 1 aliphatic heterocycles. The second kappa shape index (κ2) is 6.98. The topological polar surface area (TPSA) is 62.3 Å². The number of pyridine rings is 1. The molecule has 0 radical (unpaired) electrons. The van der Waals surface area contributed by atoms with Gasteiger partial charge in [-0.15, -0.1) is 0 Å². The minimum Gasteiger partial charge on any atom is -0.338 e. The van der Waals surface area contributed by atoms with Crippen LogP contribution in [-0.2, 0) is 16.4 Å². The summed E-state index contributed by atoms with van der Waals surface area (Å²) < 4.78 is 24.0. The molecule has 0 aliphatic carbocycles. The molecule has 21 heavy (non-hydrogen) atoms. The van der Waals surface area contributed by atoms with Crippen molar-refractivity contribution in [3.8, 4) is 0 Å². The van der Waals surface area contributed by atoms with Crippen LogP contribution in [0, 0.1) is 6.92 Å². The molecule has 118 valence electrons. The van der Waals surface area contributed by atoms with Crippen LogP contribution in [0.4, 0.5) is 5.82 Å². The van der Waals surface area contributed by atoms with E-state index in [1.807, 2.05) is 24.0 Å². The van der Waals surface area contributed by atoms with E-state index in [0.717, 1.165) is 42.5 Å². The highest BCUT2D eigenvalue weighted by Crippen LogP contribution is 2.26. The normalized spacial score (nSPS) is 19.8. The summed E-state index contributed by atoms with van der Waals surface area (Å²) in [5.41, 5.74) is 2.07. The number of aromatic nitrogens is 1. The molecule has 0 bridgehead atoms. The third-order valence-electron chi connectivity index (χ3n) is 3.45. The van der Waals surface area contributed by atoms with E-state index in [1.54, 1.807) is 11.8 Å². The molecule has 1 fully saturated rings. The standard InChI is InChI=1S/C14H23N3O2S2/c1-4-15-9-12-7-11(2)16-13(8-12)17-5-6-20-10-14(17)21(3,18)19/h7-8,14-15H,4-6,9-10H2,1-3H3. The van der Waals surface area contributed by atoms with Crippen molar-refractivity contribution in [2.75, 3.05) is 35.8 Å². The highest BCUT2D eigenvalue weighted by molar-refractivity contribution is 8.01. The zero-order valence-corrected chi connectivity index (χ0v) is 14.4. The fraction of sp³-hybridized carbons (Fsp3) is 0.643. The van der Waals surface area contributed by atoms with Crippen LogP contribution < -0.4 is 10.2 Å². The van der Waals surface area contributed by atoms with Gasteiger partial charge < -0.3 is 10.2 Å². The summed E-state index contributed by atoms with van der Waals surface area (Å²) in [6.07, 6.45) is 1.31. The number of sulfone groups is 1. The second-order valence-electron chi connectivity index (χ2n) is 5.31. The Morgan fingerprint density at radius 1 is 1.48 bits per heavy atom. The number of aryl methyl sites for hydroxylation is 1. The molecule has 2 heterocycles. The summed E-state index contributed by atoms with van der Waals surface area (Å²) in [5, 5.41) is 2.82. The van der Waals surface area contributed by atoms with Gasteiger partial charge in [-0.05, 0) is 31.2 Å². The first-order chi connectivity index (χ1) is 9.91. The van der Waals surface area contributed by atoms with Gasteiger partial charge in [-0.25, -0.2) is 13.4 Å². The Labute approximate surface area is 131 Å². The lowest BCUT2D eigenvalue weighted by Crippen LogP contribution is -2.47. The number of nitrogens with zero attached hydrogens (tertiary/aromatic N) is 2. The van der Waals surface area contributed by atoms with E-state index in [9.17, 15) is 8.42 Å². The predicted octanol–water partition coefficient (Wildman–Crippen LogP) is 1.42. The molecule has 7 heteroatoms. The van der Waals surface area contributed by atoms with E-state index in [2.05, 4.69) is 17.2 Å². The zero-order chi connectivity index (χ0) is 15.5. The molecule has 0 spiro atoms. The Balaban J connectivity index is 2.32. The SMILES string of the molecule is CCNCc1cc(C)nc(N2CCSCC2S(C)(=O)=O)c1. The van der Waals surface area contributed by atoms with E-state index in [4.69, 9.17) is 0 Å². The fourth-order valence-electron chi connectivity index (χ4n) is 2.44. The summed E-state index contributed by atoms with van der Waals surface area (Å²) in [6.45, 7) is 6.42. The van der Waals surface area contributed by atoms with Crippen LogP contribution in [0.1, 0.15) is 18.2 Å². The van der Waals surface area contributed by atoms with Gasteiger partial charge in [-0.1, -0.05) is 6.92 Å². The van der Waals surface area contributed by atoms with Gasteiger partial charge in [0, 0.05) is 36.5 Å². The average molecular weight is 329 g/mol. The quantitative estimate of drug-likeness (QED) is 0.882. The van der Waals surface area contributed by atoms with E-state index in [1.165, 1.54) is 6.26 Å². The van der Waals surface area contributed by atoms with Crippen molar-refractivity contribution in [2.45, 2.75) is 25.8 Å². The van der Waals surface area contributed by atoms with E-state index >= 15 is 0 Å². The van der Waals surface area contributed by atoms with Crippen molar-refractivity contribution < 1.29 is 8.42 Å². The number of hydrogen-bond acceptors (Lipinski definition) is 6. The van der Waals surface area contributed by atoms with Crippen LogP contribution in [0.25, 0.3) is 0 Å². The maximum Gasteiger partial charge on any atom is 0.169 e. The van der Waals surface area contributed by atoms with Crippen molar-refractivity contribution in [1.29, 1.82) is 0 Å². The molecular formula is C14H23N3O2S2. The molecule has 1 aliphatic rings. The number of hydrogen-bond donors (Lipinski definition) is 1. The van der Waals surface area contributed by atoms with Crippen molar-refractivity contribution in [1.82, 2.24) is 10.3 Å². The predicted molar refractivity (Wildman–Crippen MR) is 89.7 cm³/mol. The molecule has 0 amide bonds. The monoisotopic (exact) mass is 329 g/mol. The smallest absolute Gasteiger partial charge is 0.169 e. The van der Waals surface area contributed by atoms with Gasteiger partial charge in [0.2, 0.25) is 0 Å². The van der Waals surface area contributed by atoms with Gasteiger partial charge in [-0.3, -0.25) is 0 Å². The summed E-state index contributed by atoms with van der Waals surface area (Å²) >= 11 is 1.69. The number of rotatable bonds is 5. The van der Waals surface area contributed by atoms with Crippen LogP contribution in [0.3, 0.4) is 0 Å². The minimum absolute atomic E-state index is 0.475. The lowest BCUT2D eigenvalue weighted by Gasteiger charge is -2.35. The molecule has 0 aromatic carbocycles. The lowest BCUT2D eigenvalue weighted by atomic mass is 10.2. The first-order valence-corrected chi connectivity index (χ1v) is 10.2. The molecule has 2 rings (SSSR count). The van der Waals surface area contributed by atoms with Crippen molar-refractivity contribution in [3.63, 3.8) is 0 Å². The number of nitrogens with one attached hydrogen (secondary N) is 1. The average Bonchev–Trinajstić information content (AvgIpc) is 2.43. The van der Waals surface area contributed by atoms with E-state index < -0.39 is 15.2 Å². The summed E-state index contributed by atoms with van der Waals surface area (Å²) in [7, 11) is -3.12. The Kier molecular flexibility index (Phi) is 5.51. The maximum atomic E-state index is 12.0. The van der Waals surface area contributed by atoms with Crippen molar-refractivity contribution in [3.05, 3.63) is 23.4 Å². The summed E-state index contributed by atoms with van der Waals surface area (Å²) in [6, 6.07) is 4.05. The molecule has 1 N–H and O–H groups in total. The van der Waals surface area contributed by atoms with Crippen LogP contribution in [0.2, 0.25) is 0 Å². The lowest BCUT2D eigenvalue weighted by molar-refractivity contribution is 0.583. The fourth-order valence-corrected chi connectivity index (χ4v) is 5.26. The third-order valence-corrected chi connectivity index (χ3v) is 6.10. The van der Waals surface area contributed by atoms with Crippen LogP contribution in [-0.4, -0.2) is 49.6 Å². The Bertz CT molecular complexity index is 590. The highest BCUT2D eigenvalue weighted by atomic mass is 32.2. The van der Waals surface area contributed by atoms with Crippen LogP contribution in [0.15, 0.2) is 12.1 Å². The molecule has 1 saturated heterocycles. The second-order valence-corrected chi connectivity index (χ2v) is 8.66. The van der Waals surface area contributed by atoms with Gasteiger partial charge in [0.1, 0.15) is 11.2 Å². The van der Waals surface area contributed by atoms with Crippen LogP contribution >= 0.6 is 11.8 Å². The molecular weight excluding hydrogens is 306 g/mol.